The van der Waals surface area contributed by atoms with E-state index in [0.717, 1.165) is 39.1 Å². The van der Waals surface area contributed by atoms with Crippen LogP contribution in [0.3, 0.4) is 0 Å². The van der Waals surface area contributed by atoms with E-state index in [2.05, 4.69) is 24.1 Å². The van der Waals surface area contributed by atoms with Crippen LogP contribution in [0.1, 0.15) is 33.6 Å². The van der Waals surface area contributed by atoms with Gasteiger partial charge in [0.15, 0.2) is 0 Å². The highest BCUT2D eigenvalue weighted by atomic mass is 16.3. The standard InChI is InChI=1S/C14H29N3O2/c1-4-16(5-2)8-7-9-17(6-3)14(19)13-10-12(18)11-15-13/h12-13,15,18H,4-11H2,1-3H3. The molecule has 0 aromatic rings. The van der Waals surface area contributed by atoms with Gasteiger partial charge in [0.1, 0.15) is 0 Å². The fraction of sp³-hybridized carbons (Fsp3) is 0.929. The Kier molecular flexibility index (Phi) is 7.34. The SMILES string of the molecule is CCN(CC)CCCN(CC)C(=O)C1CC(O)CN1. The number of nitrogens with one attached hydrogen (secondary N) is 1. The molecule has 1 amide bonds. The van der Waals surface area contributed by atoms with Crippen LogP contribution in [-0.2, 0) is 4.79 Å². The third kappa shape index (κ3) is 5.09. The number of aliphatic hydroxyl groups is 1. The highest BCUT2D eigenvalue weighted by molar-refractivity contribution is 5.82. The third-order valence-electron chi connectivity index (χ3n) is 3.90. The summed E-state index contributed by atoms with van der Waals surface area (Å²) in [5.74, 6) is 0.138. The molecule has 2 atom stereocenters. The van der Waals surface area contributed by atoms with Gasteiger partial charge in [-0.3, -0.25) is 4.79 Å². The molecule has 1 saturated heterocycles. The summed E-state index contributed by atoms with van der Waals surface area (Å²) in [5, 5.41) is 12.6. The van der Waals surface area contributed by atoms with E-state index in [1.165, 1.54) is 0 Å². The molecule has 1 aliphatic heterocycles. The van der Waals surface area contributed by atoms with Crippen LogP contribution in [0.4, 0.5) is 0 Å². The van der Waals surface area contributed by atoms with E-state index in [-0.39, 0.29) is 18.1 Å². The van der Waals surface area contributed by atoms with E-state index in [4.69, 9.17) is 0 Å². The number of rotatable bonds is 8. The number of hydrogen-bond donors (Lipinski definition) is 2. The molecule has 5 nitrogen and oxygen atoms in total. The Bertz CT molecular complexity index is 269. The molecular weight excluding hydrogens is 242 g/mol. The van der Waals surface area contributed by atoms with Gasteiger partial charge in [0.2, 0.25) is 5.91 Å². The molecule has 1 fully saturated rings. The van der Waals surface area contributed by atoms with Gasteiger partial charge in [-0.05, 0) is 39.4 Å². The number of carbonyl (C=O) groups excluding carboxylic acids is 1. The highest BCUT2D eigenvalue weighted by Crippen LogP contribution is 2.10. The number of hydrogen-bond acceptors (Lipinski definition) is 4. The molecule has 0 radical (unpaired) electrons. The van der Waals surface area contributed by atoms with Crippen molar-refractivity contribution in [2.75, 3.05) is 39.3 Å². The Balaban J connectivity index is 2.34. The average molecular weight is 271 g/mol. The van der Waals surface area contributed by atoms with Crippen molar-refractivity contribution in [3.05, 3.63) is 0 Å². The number of likely N-dealkylation sites (N-methyl/N-ethyl adjacent to an activating group) is 1. The van der Waals surface area contributed by atoms with Crippen LogP contribution in [0, 0.1) is 0 Å². The normalized spacial score (nSPS) is 23.0. The van der Waals surface area contributed by atoms with E-state index in [1.807, 2.05) is 11.8 Å². The average Bonchev–Trinajstić information content (AvgIpc) is 2.85. The van der Waals surface area contributed by atoms with Gasteiger partial charge in [0.05, 0.1) is 12.1 Å². The predicted octanol–water partition coefficient (Wildman–Crippen LogP) is 0.290. The van der Waals surface area contributed by atoms with Gasteiger partial charge in [-0.2, -0.15) is 0 Å². The van der Waals surface area contributed by atoms with Crippen LogP contribution >= 0.6 is 0 Å². The molecule has 5 heteroatoms. The van der Waals surface area contributed by atoms with Crippen molar-refractivity contribution in [2.45, 2.75) is 45.8 Å². The molecule has 1 aliphatic rings. The molecule has 2 unspecified atom stereocenters. The zero-order valence-electron chi connectivity index (χ0n) is 12.6. The lowest BCUT2D eigenvalue weighted by Gasteiger charge is -2.26. The Morgan fingerprint density at radius 1 is 1.21 bits per heavy atom. The first-order chi connectivity index (χ1) is 9.12. The minimum absolute atomic E-state index is 0.138. The molecule has 2 N–H and O–H groups in total. The highest BCUT2D eigenvalue weighted by Gasteiger charge is 2.30. The fourth-order valence-corrected chi connectivity index (χ4v) is 2.57. The van der Waals surface area contributed by atoms with Crippen LogP contribution in [0.2, 0.25) is 0 Å². The molecule has 0 aliphatic carbocycles. The third-order valence-corrected chi connectivity index (χ3v) is 3.90. The molecular formula is C14H29N3O2. The van der Waals surface area contributed by atoms with Crippen molar-refractivity contribution in [3.8, 4) is 0 Å². The lowest BCUT2D eigenvalue weighted by molar-refractivity contribution is -0.133. The van der Waals surface area contributed by atoms with Crippen LogP contribution < -0.4 is 5.32 Å². The van der Waals surface area contributed by atoms with Crippen molar-refractivity contribution >= 4 is 5.91 Å². The second-order valence-electron chi connectivity index (χ2n) is 5.15. The van der Waals surface area contributed by atoms with Crippen molar-refractivity contribution in [2.24, 2.45) is 0 Å². The molecule has 0 bridgehead atoms. The Hall–Kier alpha value is -0.650. The summed E-state index contributed by atoms with van der Waals surface area (Å²) in [4.78, 5) is 16.5. The quantitative estimate of drug-likeness (QED) is 0.666. The summed E-state index contributed by atoms with van der Waals surface area (Å²) >= 11 is 0. The number of aliphatic hydroxyl groups excluding tert-OH is 1. The maximum Gasteiger partial charge on any atom is 0.239 e. The maximum absolute atomic E-state index is 12.3. The van der Waals surface area contributed by atoms with E-state index < -0.39 is 0 Å². The lowest BCUT2D eigenvalue weighted by atomic mass is 10.1. The van der Waals surface area contributed by atoms with E-state index in [1.54, 1.807) is 0 Å². The van der Waals surface area contributed by atoms with Crippen molar-refractivity contribution in [3.63, 3.8) is 0 Å². The molecule has 112 valence electrons. The van der Waals surface area contributed by atoms with E-state index in [0.29, 0.717) is 13.0 Å². The minimum atomic E-state index is -0.372. The second kappa shape index (κ2) is 8.51. The van der Waals surface area contributed by atoms with Gasteiger partial charge in [-0.1, -0.05) is 13.8 Å². The summed E-state index contributed by atoms with van der Waals surface area (Å²) in [6.45, 7) is 11.6. The van der Waals surface area contributed by atoms with Gasteiger partial charge in [-0.25, -0.2) is 0 Å². The summed E-state index contributed by atoms with van der Waals surface area (Å²) in [7, 11) is 0. The van der Waals surface area contributed by atoms with Gasteiger partial charge >= 0.3 is 0 Å². The molecule has 1 heterocycles. The molecule has 0 spiro atoms. The van der Waals surface area contributed by atoms with Gasteiger partial charge in [0.25, 0.3) is 0 Å². The van der Waals surface area contributed by atoms with Gasteiger partial charge < -0.3 is 20.2 Å². The summed E-state index contributed by atoms with van der Waals surface area (Å²) in [6.07, 6.45) is 1.19. The topological polar surface area (TPSA) is 55.8 Å². The first-order valence-electron chi connectivity index (χ1n) is 7.54. The van der Waals surface area contributed by atoms with Crippen LogP contribution in [-0.4, -0.2) is 72.2 Å². The van der Waals surface area contributed by atoms with E-state index >= 15 is 0 Å². The lowest BCUT2D eigenvalue weighted by Crippen LogP contribution is -2.44. The monoisotopic (exact) mass is 271 g/mol. The first-order valence-corrected chi connectivity index (χ1v) is 7.54. The van der Waals surface area contributed by atoms with Crippen molar-refractivity contribution in [1.29, 1.82) is 0 Å². The molecule has 0 saturated carbocycles. The van der Waals surface area contributed by atoms with Crippen LogP contribution in [0.15, 0.2) is 0 Å². The molecule has 0 aromatic carbocycles. The molecule has 19 heavy (non-hydrogen) atoms. The summed E-state index contributed by atoms with van der Waals surface area (Å²) in [6, 6.07) is -0.191. The van der Waals surface area contributed by atoms with Crippen molar-refractivity contribution < 1.29 is 9.90 Å². The number of amides is 1. The first kappa shape index (κ1) is 16.4. The summed E-state index contributed by atoms with van der Waals surface area (Å²) < 4.78 is 0. The fourth-order valence-electron chi connectivity index (χ4n) is 2.57. The largest absolute Gasteiger partial charge is 0.392 e. The molecule has 1 rings (SSSR count). The summed E-state index contributed by atoms with van der Waals surface area (Å²) in [5.41, 5.74) is 0. The minimum Gasteiger partial charge on any atom is -0.392 e. The zero-order chi connectivity index (χ0) is 14.3. The van der Waals surface area contributed by atoms with Crippen LogP contribution in [0.5, 0.6) is 0 Å². The smallest absolute Gasteiger partial charge is 0.239 e. The van der Waals surface area contributed by atoms with E-state index in [9.17, 15) is 9.90 Å². The Labute approximate surface area is 117 Å². The predicted molar refractivity (Wildman–Crippen MR) is 77.1 cm³/mol. The van der Waals surface area contributed by atoms with Gasteiger partial charge in [-0.15, -0.1) is 0 Å². The van der Waals surface area contributed by atoms with Crippen LogP contribution in [0.25, 0.3) is 0 Å². The van der Waals surface area contributed by atoms with Crippen molar-refractivity contribution in [1.82, 2.24) is 15.1 Å². The maximum atomic E-state index is 12.3. The number of nitrogens with zero attached hydrogens (tertiary/aromatic N) is 2. The number of β-amino-alcohol motifs (C(OH)–C–C–N with tert-alkyl or cyclic N) is 1. The molecule has 0 aromatic heterocycles. The Morgan fingerprint density at radius 3 is 2.37 bits per heavy atom. The second-order valence-corrected chi connectivity index (χ2v) is 5.15. The Morgan fingerprint density at radius 2 is 1.89 bits per heavy atom. The number of carbonyl (C=O) groups is 1. The zero-order valence-corrected chi connectivity index (χ0v) is 12.6. The van der Waals surface area contributed by atoms with Gasteiger partial charge in [0, 0.05) is 19.6 Å².